The van der Waals surface area contributed by atoms with E-state index in [1.165, 1.54) is 0 Å². The molecule has 2 atom stereocenters. The Hall–Kier alpha value is -2.63. The highest BCUT2D eigenvalue weighted by molar-refractivity contribution is 5.32. The first-order valence-electron chi connectivity index (χ1n) is 10.8. The van der Waals surface area contributed by atoms with E-state index in [2.05, 4.69) is 11.3 Å². The summed E-state index contributed by atoms with van der Waals surface area (Å²) in [6, 6.07) is 1.45. The van der Waals surface area contributed by atoms with Gasteiger partial charge in [0.25, 0.3) is 0 Å². The first kappa shape index (κ1) is 25.5. The van der Waals surface area contributed by atoms with Crippen LogP contribution in [0, 0.1) is 40.9 Å². The quantitative estimate of drug-likeness (QED) is 0.268. The molecule has 0 amide bonds. The normalized spacial score (nSPS) is 25.3. The number of hydrogen-bond donors (Lipinski definition) is 0. The average Bonchev–Trinajstić information content (AvgIpc) is 2.81. The summed E-state index contributed by atoms with van der Waals surface area (Å²) >= 11 is 0. The fourth-order valence-corrected chi connectivity index (χ4v) is 4.07. The molecule has 0 spiro atoms. The standard InChI is InChI=1S/C24H21F7O4/c1-2-12-3-4-20(32-9-12)14-10-33-23(34-11-14)13-5-16(25)21(17(26)6-13)24(30,31)35-15-7-18(27)22(29)19(28)8-15/h2,5-8,12,14,20,23H,1,3-4,9-11H2. The van der Waals surface area contributed by atoms with Crippen molar-refractivity contribution in [1.82, 2.24) is 0 Å². The summed E-state index contributed by atoms with van der Waals surface area (Å²) in [6.07, 6.45) is -2.49. The molecule has 4 nitrogen and oxygen atoms in total. The van der Waals surface area contributed by atoms with Crippen LogP contribution in [0.25, 0.3) is 0 Å². The molecule has 2 aromatic rings. The highest BCUT2D eigenvalue weighted by atomic mass is 19.3. The summed E-state index contributed by atoms with van der Waals surface area (Å²) in [4.78, 5) is 0. The molecule has 2 saturated heterocycles. The van der Waals surface area contributed by atoms with Crippen molar-refractivity contribution in [3.05, 3.63) is 77.1 Å². The summed E-state index contributed by atoms with van der Waals surface area (Å²) < 4.78 is 119. The number of benzene rings is 2. The average molecular weight is 506 g/mol. The van der Waals surface area contributed by atoms with Crippen LogP contribution in [0.5, 0.6) is 5.75 Å². The van der Waals surface area contributed by atoms with Crippen LogP contribution >= 0.6 is 0 Å². The van der Waals surface area contributed by atoms with Crippen molar-refractivity contribution in [2.24, 2.45) is 11.8 Å². The lowest BCUT2D eigenvalue weighted by Crippen LogP contribution is -2.40. The number of alkyl halides is 2. The van der Waals surface area contributed by atoms with Gasteiger partial charge in [0.05, 0.1) is 25.9 Å². The summed E-state index contributed by atoms with van der Waals surface area (Å²) in [5, 5.41) is 0. The molecule has 2 unspecified atom stereocenters. The van der Waals surface area contributed by atoms with Crippen LogP contribution in [-0.2, 0) is 20.3 Å². The van der Waals surface area contributed by atoms with Gasteiger partial charge in [-0.05, 0) is 25.0 Å². The number of hydrogen-bond acceptors (Lipinski definition) is 4. The molecule has 2 aliphatic rings. The Balaban J connectivity index is 1.45. The molecule has 2 aromatic carbocycles. The molecule has 0 saturated carbocycles. The Morgan fingerprint density at radius 2 is 1.43 bits per heavy atom. The highest BCUT2D eigenvalue weighted by Gasteiger charge is 2.42. The second-order valence-electron chi connectivity index (χ2n) is 8.38. The first-order chi connectivity index (χ1) is 16.6. The number of ether oxygens (including phenoxy) is 4. The van der Waals surface area contributed by atoms with Crippen molar-refractivity contribution in [3.8, 4) is 5.75 Å². The van der Waals surface area contributed by atoms with Crippen molar-refractivity contribution >= 4 is 0 Å². The summed E-state index contributed by atoms with van der Waals surface area (Å²) in [7, 11) is 0. The SMILES string of the molecule is C=CC1CCC(C2COC(c3cc(F)c(C(F)(F)Oc4cc(F)c(F)c(F)c4)c(F)c3)OC2)OC1. The Kier molecular flexibility index (Phi) is 7.39. The first-order valence-corrected chi connectivity index (χ1v) is 10.8. The fourth-order valence-electron chi connectivity index (χ4n) is 4.07. The van der Waals surface area contributed by atoms with Gasteiger partial charge in [-0.1, -0.05) is 6.08 Å². The van der Waals surface area contributed by atoms with Crippen molar-refractivity contribution < 1.29 is 49.7 Å². The van der Waals surface area contributed by atoms with Crippen LogP contribution in [0.4, 0.5) is 30.7 Å². The Morgan fingerprint density at radius 3 is 1.94 bits per heavy atom. The summed E-state index contributed by atoms with van der Waals surface area (Å²) in [5.41, 5.74) is -1.99. The Morgan fingerprint density at radius 1 is 0.829 bits per heavy atom. The molecule has 0 bridgehead atoms. The van der Waals surface area contributed by atoms with Crippen LogP contribution in [-0.4, -0.2) is 25.9 Å². The topological polar surface area (TPSA) is 36.9 Å². The van der Waals surface area contributed by atoms with Gasteiger partial charge in [0.15, 0.2) is 23.7 Å². The van der Waals surface area contributed by atoms with Crippen molar-refractivity contribution in [1.29, 1.82) is 0 Å². The molecule has 2 aliphatic heterocycles. The zero-order chi connectivity index (χ0) is 25.3. The summed E-state index contributed by atoms with van der Waals surface area (Å²) in [5.74, 6) is -9.93. The van der Waals surface area contributed by atoms with E-state index >= 15 is 0 Å². The van der Waals surface area contributed by atoms with Gasteiger partial charge in [-0.2, -0.15) is 8.78 Å². The zero-order valence-corrected chi connectivity index (χ0v) is 18.2. The van der Waals surface area contributed by atoms with Gasteiger partial charge in [0.2, 0.25) is 0 Å². The minimum Gasteiger partial charge on any atom is -0.429 e. The molecule has 2 fully saturated rings. The van der Waals surface area contributed by atoms with E-state index in [-0.39, 0.29) is 48.8 Å². The third-order valence-electron chi connectivity index (χ3n) is 5.96. The minimum absolute atomic E-state index is 0.111. The lowest BCUT2D eigenvalue weighted by molar-refractivity contribution is -0.227. The van der Waals surface area contributed by atoms with E-state index in [4.69, 9.17) is 14.2 Å². The van der Waals surface area contributed by atoms with Gasteiger partial charge < -0.3 is 18.9 Å². The van der Waals surface area contributed by atoms with Gasteiger partial charge in [-0.25, -0.2) is 22.0 Å². The molecule has 11 heteroatoms. The molecular formula is C24H21F7O4. The van der Waals surface area contributed by atoms with Gasteiger partial charge in [-0.3, -0.25) is 0 Å². The van der Waals surface area contributed by atoms with E-state index in [9.17, 15) is 30.7 Å². The molecule has 0 N–H and O–H groups in total. The maximum absolute atomic E-state index is 14.6. The van der Waals surface area contributed by atoms with Crippen LogP contribution in [0.1, 0.15) is 30.3 Å². The predicted molar refractivity (Wildman–Crippen MR) is 108 cm³/mol. The minimum atomic E-state index is -4.68. The zero-order valence-electron chi connectivity index (χ0n) is 18.2. The lowest BCUT2D eigenvalue weighted by Gasteiger charge is -2.37. The van der Waals surface area contributed by atoms with Gasteiger partial charge in [0.1, 0.15) is 22.9 Å². The number of rotatable bonds is 6. The molecule has 35 heavy (non-hydrogen) atoms. The monoisotopic (exact) mass is 506 g/mol. The number of halogens is 7. The van der Waals surface area contributed by atoms with E-state index in [1.807, 2.05) is 6.08 Å². The Labute approximate surface area is 196 Å². The van der Waals surface area contributed by atoms with Crippen molar-refractivity contribution in [2.75, 3.05) is 19.8 Å². The van der Waals surface area contributed by atoms with Crippen LogP contribution in [0.15, 0.2) is 36.9 Å². The third kappa shape index (κ3) is 5.46. The molecule has 2 heterocycles. The molecule has 0 aliphatic carbocycles. The van der Waals surface area contributed by atoms with Gasteiger partial charge in [-0.15, -0.1) is 6.58 Å². The fraction of sp³-hybridized carbons (Fsp3) is 0.417. The molecule has 0 radical (unpaired) electrons. The lowest BCUT2D eigenvalue weighted by atomic mass is 9.91. The van der Waals surface area contributed by atoms with Gasteiger partial charge in [0, 0.05) is 29.5 Å². The second-order valence-corrected chi connectivity index (χ2v) is 8.38. The molecular weight excluding hydrogens is 485 g/mol. The molecule has 190 valence electrons. The maximum Gasteiger partial charge on any atom is 0.432 e. The van der Waals surface area contributed by atoms with E-state index in [0.717, 1.165) is 12.8 Å². The van der Waals surface area contributed by atoms with Crippen LogP contribution in [0.2, 0.25) is 0 Å². The third-order valence-corrected chi connectivity index (χ3v) is 5.96. The largest absolute Gasteiger partial charge is 0.432 e. The van der Waals surface area contributed by atoms with Gasteiger partial charge >= 0.3 is 6.11 Å². The second kappa shape index (κ2) is 10.2. The van der Waals surface area contributed by atoms with Crippen molar-refractivity contribution in [2.45, 2.75) is 31.3 Å². The summed E-state index contributed by atoms with van der Waals surface area (Å²) in [6.45, 7) is 4.60. The Bertz CT molecular complexity index is 1030. The molecule has 0 aromatic heterocycles. The van der Waals surface area contributed by atoms with E-state index < -0.39 is 52.8 Å². The van der Waals surface area contributed by atoms with E-state index in [1.54, 1.807) is 0 Å². The van der Waals surface area contributed by atoms with Crippen LogP contribution < -0.4 is 4.74 Å². The predicted octanol–water partition coefficient (Wildman–Crippen LogP) is 6.15. The molecule has 4 rings (SSSR count). The highest BCUT2D eigenvalue weighted by Crippen LogP contribution is 2.38. The van der Waals surface area contributed by atoms with Crippen molar-refractivity contribution in [3.63, 3.8) is 0 Å². The van der Waals surface area contributed by atoms with Crippen LogP contribution in [0.3, 0.4) is 0 Å². The van der Waals surface area contributed by atoms with E-state index in [0.29, 0.717) is 18.7 Å². The maximum atomic E-state index is 14.6. The smallest absolute Gasteiger partial charge is 0.429 e.